The summed E-state index contributed by atoms with van der Waals surface area (Å²) in [5.41, 5.74) is 3.93. The van der Waals surface area contributed by atoms with Gasteiger partial charge in [-0.2, -0.15) is 0 Å². The molecule has 2 saturated heterocycles. The van der Waals surface area contributed by atoms with Crippen molar-refractivity contribution < 1.29 is 9.53 Å². The molecule has 2 aromatic carbocycles. The van der Waals surface area contributed by atoms with Crippen molar-refractivity contribution in [3.63, 3.8) is 0 Å². The van der Waals surface area contributed by atoms with E-state index in [0.29, 0.717) is 10.1 Å². The second kappa shape index (κ2) is 8.37. The van der Waals surface area contributed by atoms with Crippen molar-refractivity contribution in [3.8, 4) is 0 Å². The molecule has 2 aliphatic rings. The maximum atomic E-state index is 12.6. The van der Waals surface area contributed by atoms with Crippen LogP contribution in [0.1, 0.15) is 20.5 Å². The molecule has 6 heteroatoms. The first-order chi connectivity index (χ1) is 12.8. The minimum atomic E-state index is -0.0672. The lowest BCUT2D eigenvalue weighted by molar-refractivity contribution is 0.102. The minimum Gasteiger partial charge on any atom is -0.378 e. The molecule has 2 aliphatic heterocycles. The summed E-state index contributed by atoms with van der Waals surface area (Å²) in [4.78, 5) is 14.9. The van der Waals surface area contributed by atoms with Crippen molar-refractivity contribution in [1.29, 1.82) is 0 Å². The predicted molar refractivity (Wildman–Crippen MR) is 112 cm³/mol. The molecule has 1 N–H and O–H groups in total. The standard InChI is InChI=1S/C20H22N2O2S2/c23-19(15-4-6-16(7-5-15)20-25-12-13-26-20)21-17-2-1-3-18(14-17)22-8-10-24-11-9-22/h1-7,14,20H,8-13H2,(H,21,23). The molecule has 0 saturated carbocycles. The van der Waals surface area contributed by atoms with Crippen molar-refractivity contribution >= 4 is 40.8 Å². The summed E-state index contributed by atoms with van der Waals surface area (Å²) < 4.78 is 5.92. The fourth-order valence-corrected chi connectivity index (χ4v) is 6.01. The van der Waals surface area contributed by atoms with Crippen LogP contribution in [0.2, 0.25) is 0 Å². The van der Waals surface area contributed by atoms with E-state index in [4.69, 9.17) is 4.74 Å². The highest BCUT2D eigenvalue weighted by Crippen LogP contribution is 2.45. The van der Waals surface area contributed by atoms with Gasteiger partial charge in [0.15, 0.2) is 0 Å². The van der Waals surface area contributed by atoms with Gasteiger partial charge in [0.05, 0.1) is 17.8 Å². The van der Waals surface area contributed by atoms with Gasteiger partial charge in [0.25, 0.3) is 5.91 Å². The van der Waals surface area contributed by atoms with Crippen LogP contribution in [-0.2, 0) is 4.74 Å². The molecule has 0 aliphatic carbocycles. The maximum Gasteiger partial charge on any atom is 0.255 e. The number of nitrogens with one attached hydrogen (secondary N) is 1. The third-order valence-electron chi connectivity index (χ3n) is 4.55. The van der Waals surface area contributed by atoms with E-state index in [1.807, 2.05) is 53.9 Å². The lowest BCUT2D eigenvalue weighted by atomic mass is 10.1. The van der Waals surface area contributed by atoms with Crippen molar-refractivity contribution in [2.45, 2.75) is 4.58 Å². The molecule has 4 nitrogen and oxygen atoms in total. The molecule has 136 valence electrons. The molecule has 0 bridgehead atoms. The lowest BCUT2D eigenvalue weighted by Crippen LogP contribution is -2.36. The molecule has 0 unspecified atom stereocenters. The summed E-state index contributed by atoms with van der Waals surface area (Å²) in [6.45, 7) is 3.27. The van der Waals surface area contributed by atoms with Crippen LogP contribution in [0.15, 0.2) is 48.5 Å². The highest BCUT2D eigenvalue weighted by atomic mass is 32.2. The van der Waals surface area contributed by atoms with E-state index in [0.717, 1.165) is 37.7 Å². The van der Waals surface area contributed by atoms with E-state index in [-0.39, 0.29) is 5.91 Å². The molecular formula is C20H22N2O2S2. The zero-order valence-corrected chi connectivity index (χ0v) is 16.2. The Morgan fingerprint density at radius 1 is 1.04 bits per heavy atom. The number of amides is 1. The van der Waals surface area contributed by atoms with Crippen molar-refractivity contribution in [1.82, 2.24) is 0 Å². The summed E-state index contributed by atoms with van der Waals surface area (Å²) in [6, 6.07) is 16.0. The quantitative estimate of drug-likeness (QED) is 0.851. The van der Waals surface area contributed by atoms with E-state index >= 15 is 0 Å². The Morgan fingerprint density at radius 3 is 2.50 bits per heavy atom. The average Bonchev–Trinajstić information content (AvgIpc) is 3.24. The molecule has 26 heavy (non-hydrogen) atoms. The van der Waals surface area contributed by atoms with Gasteiger partial charge >= 0.3 is 0 Å². The number of rotatable bonds is 4. The molecule has 0 aromatic heterocycles. The van der Waals surface area contributed by atoms with Crippen LogP contribution < -0.4 is 10.2 Å². The molecule has 2 heterocycles. The number of hydrogen-bond donors (Lipinski definition) is 1. The maximum absolute atomic E-state index is 12.6. The van der Waals surface area contributed by atoms with Crippen LogP contribution in [-0.4, -0.2) is 43.7 Å². The Hall–Kier alpha value is -1.63. The monoisotopic (exact) mass is 386 g/mol. The number of benzene rings is 2. The largest absolute Gasteiger partial charge is 0.378 e. The van der Waals surface area contributed by atoms with Crippen molar-refractivity contribution in [2.75, 3.05) is 48.0 Å². The molecule has 4 rings (SSSR count). The smallest absolute Gasteiger partial charge is 0.255 e. The third-order valence-corrected chi connectivity index (χ3v) is 7.65. The van der Waals surface area contributed by atoms with Crippen LogP contribution in [0.3, 0.4) is 0 Å². The lowest BCUT2D eigenvalue weighted by Gasteiger charge is -2.29. The van der Waals surface area contributed by atoms with Crippen LogP contribution in [0.5, 0.6) is 0 Å². The minimum absolute atomic E-state index is 0.0672. The summed E-state index contributed by atoms with van der Waals surface area (Å²) in [7, 11) is 0. The number of nitrogens with zero attached hydrogens (tertiary/aromatic N) is 1. The highest BCUT2D eigenvalue weighted by Gasteiger charge is 2.18. The van der Waals surface area contributed by atoms with Crippen LogP contribution >= 0.6 is 23.5 Å². The number of hydrogen-bond acceptors (Lipinski definition) is 5. The Morgan fingerprint density at radius 2 is 1.77 bits per heavy atom. The number of ether oxygens (including phenoxy) is 1. The van der Waals surface area contributed by atoms with Gasteiger partial charge in [0.1, 0.15) is 0 Å². The number of anilines is 2. The molecule has 2 fully saturated rings. The third kappa shape index (κ3) is 4.19. The molecule has 1 amide bonds. The van der Waals surface area contributed by atoms with Gasteiger partial charge in [-0.1, -0.05) is 18.2 Å². The van der Waals surface area contributed by atoms with Gasteiger partial charge in [-0.3, -0.25) is 4.79 Å². The second-order valence-electron chi connectivity index (χ2n) is 6.30. The number of thioether (sulfide) groups is 2. The van der Waals surface area contributed by atoms with Crippen LogP contribution in [0, 0.1) is 0 Å². The zero-order valence-electron chi connectivity index (χ0n) is 14.5. The fraction of sp³-hybridized carbons (Fsp3) is 0.350. The van der Waals surface area contributed by atoms with Gasteiger partial charge in [-0.05, 0) is 35.9 Å². The van der Waals surface area contributed by atoms with E-state index < -0.39 is 0 Å². The van der Waals surface area contributed by atoms with Crippen LogP contribution in [0.4, 0.5) is 11.4 Å². The second-order valence-corrected chi connectivity index (χ2v) is 9.02. The Bertz CT molecular complexity index is 755. The van der Waals surface area contributed by atoms with E-state index in [1.165, 1.54) is 17.1 Å². The normalized spacial score (nSPS) is 18.1. The van der Waals surface area contributed by atoms with Gasteiger partial charge in [-0.25, -0.2) is 0 Å². The van der Waals surface area contributed by atoms with Crippen molar-refractivity contribution in [2.24, 2.45) is 0 Å². The van der Waals surface area contributed by atoms with E-state index in [9.17, 15) is 4.79 Å². The van der Waals surface area contributed by atoms with Crippen LogP contribution in [0.25, 0.3) is 0 Å². The summed E-state index contributed by atoms with van der Waals surface area (Å²) in [6.07, 6.45) is 0. The molecule has 2 aromatic rings. The van der Waals surface area contributed by atoms with E-state index in [2.05, 4.69) is 28.4 Å². The summed E-state index contributed by atoms with van der Waals surface area (Å²) >= 11 is 3.95. The van der Waals surface area contributed by atoms with Gasteiger partial charge in [0.2, 0.25) is 0 Å². The molecule has 0 spiro atoms. The topological polar surface area (TPSA) is 41.6 Å². The number of carbonyl (C=O) groups is 1. The van der Waals surface area contributed by atoms with E-state index in [1.54, 1.807) is 0 Å². The van der Waals surface area contributed by atoms with Crippen molar-refractivity contribution in [3.05, 3.63) is 59.7 Å². The Labute approximate surface area is 162 Å². The SMILES string of the molecule is O=C(Nc1cccc(N2CCOCC2)c1)c1ccc(C2SCCS2)cc1. The predicted octanol–water partition coefficient (Wildman–Crippen LogP) is 4.25. The summed E-state index contributed by atoms with van der Waals surface area (Å²) in [5.74, 6) is 2.34. The highest BCUT2D eigenvalue weighted by molar-refractivity contribution is 8.19. The van der Waals surface area contributed by atoms with Gasteiger partial charge in [0, 0.05) is 41.5 Å². The number of morpholine rings is 1. The first-order valence-corrected chi connectivity index (χ1v) is 11.0. The Kier molecular flexibility index (Phi) is 5.72. The fourth-order valence-electron chi connectivity index (χ4n) is 3.15. The summed E-state index contributed by atoms with van der Waals surface area (Å²) in [5, 5.41) is 3.02. The first kappa shape index (κ1) is 17.8. The first-order valence-electron chi connectivity index (χ1n) is 8.87. The average molecular weight is 387 g/mol. The Balaban J connectivity index is 1.42. The zero-order chi connectivity index (χ0) is 17.8. The molecular weight excluding hydrogens is 364 g/mol. The molecule has 0 atom stereocenters. The number of carbonyl (C=O) groups excluding carboxylic acids is 1. The van der Waals surface area contributed by atoms with Gasteiger partial charge < -0.3 is 15.0 Å². The van der Waals surface area contributed by atoms with Gasteiger partial charge in [-0.15, -0.1) is 23.5 Å². The molecule has 0 radical (unpaired) electrons.